The fraction of sp³-hybridized carbons (Fsp3) is 0.400. The predicted molar refractivity (Wildman–Crippen MR) is 87.8 cm³/mol. The number of benzene rings is 2. The van der Waals surface area contributed by atoms with Gasteiger partial charge in [0.25, 0.3) is 0 Å². The van der Waals surface area contributed by atoms with E-state index in [1.54, 1.807) is 11.1 Å². The molecule has 1 aliphatic carbocycles. The third-order valence-corrected chi connectivity index (χ3v) is 5.17. The molecular formula is C20H23N. The number of hydrogen-bond acceptors (Lipinski definition) is 1. The molecule has 2 aliphatic rings. The number of fused-ring (bicyclic) bond motifs is 3. The third kappa shape index (κ3) is 2.63. The van der Waals surface area contributed by atoms with Gasteiger partial charge in [-0.15, -0.1) is 0 Å². The first-order valence-electron chi connectivity index (χ1n) is 8.29. The summed E-state index contributed by atoms with van der Waals surface area (Å²) in [6.07, 6.45) is 6.30. The van der Waals surface area contributed by atoms with Crippen molar-refractivity contribution in [1.82, 2.24) is 5.32 Å². The Balaban J connectivity index is 1.60. The summed E-state index contributed by atoms with van der Waals surface area (Å²) in [5.74, 6) is 0.758. The van der Waals surface area contributed by atoms with Gasteiger partial charge >= 0.3 is 0 Å². The number of piperidine rings is 1. The molecule has 2 aromatic rings. The molecule has 1 aliphatic heterocycles. The molecule has 0 saturated carbocycles. The van der Waals surface area contributed by atoms with Crippen LogP contribution in [0.3, 0.4) is 0 Å². The van der Waals surface area contributed by atoms with E-state index in [0.29, 0.717) is 0 Å². The van der Waals surface area contributed by atoms with Crippen LogP contribution in [0.2, 0.25) is 0 Å². The molecule has 0 spiro atoms. The highest BCUT2D eigenvalue weighted by Crippen LogP contribution is 2.37. The van der Waals surface area contributed by atoms with Crippen molar-refractivity contribution in [3.05, 3.63) is 70.8 Å². The molecule has 0 unspecified atom stereocenters. The van der Waals surface area contributed by atoms with Crippen LogP contribution < -0.4 is 5.32 Å². The molecule has 4 rings (SSSR count). The van der Waals surface area contributed by atoms with Crippen molar-refractivity contribution in [2.24, 2.45) is 0 Å². The molecule has 21 heavy (non-hydrogen) atoms. The van der Waals surface area contributed by atoms with Crippen LogP contribution in [-0.4, -0.2) is 12.6 Å². The molecule has 0 bridgehead atoms. The van der Waals surface area contributed by atoms with Crippen LogP contribution in [0.5, 0.6) is 0 Å². The van der Waals surface area contributed by atoms with Crippen LogP contribution in [0.25, 0.3) is 0 Å². The highest BCUT2D eigenvalue weighted by molar-refractivity contribution is 5.39. The van der Waals surface area contributed by atoms with Crippen molar-refractivity contribution < 1.29 is 0 Å². The van der Waals surface area contributed by atoms with E-state index < -0.39 is 0 Å². The zero-order chi connectivity index (χ0) is 14.1. The molecule has 1 heterocycles. The van der Waals surface area contributed by atoms with Gasteiger partial charge in [0.2, 0.25) is 0 Å². The number of aryl methyl sites for hydroxylation is 1. The van der Waals surface area contributed by atoms with Crippen molar-refractivity contribution in [2.45, 2.75) is 44.1 Å². The van der Waals surface area contributed by atoms with Gasteiger partial charge in [-0.05, 0) is 66.8 Å². The average Bonchev–Trinajstić information content (AvgIpc) is 2.55. The van der Waals surface area contributed by atoms with E-state index in [2.05, 4.69) is 53.8 Å². The van der Waals surface area contributed by atoms with Crippen molar-refractivity contribution in [2.75, 3.05) is 6.54 Å². The Kier molecular flexibility index (Phi) is 3.52. The maximum Gasteiger partial charge on any atom is 0.0139 e. The van der Waals surface area contributed by atoms with Gasteiger partial charge in [0.05, 0.1) is 0 Å². The van der Waals surface area contributed by atoms with Crippen LogP contribution in [0.1, 0.15) is 47.4 Å². The van der Waals surface area contributed by atoms with Crippen molar-refractivity contribution in [1.29, 1.82) is 0 Å². The molecule has 0 radical (unpaired) electrons. The standard InChI is InChI=1S/C20H23N/c1-2-5-15(6-3-1)13-16-8-10-18-17(14-16)9-11-20-19(18)7-4-12-21-20/h1-3,5-6,8,10,14,19-21H,4,7,9,11-13H2/t19-,20+/m0/s1. The topological polar surface area (TPSA) is 12.0 Å². The van der Waals surface area contributed by atoms with Crippen LogP contribution in [0, 0.1) is 0 Å². The van der Waals surface area contributed by atoms with Crippen LogP contribution in [0.4, 0.5) is 0 Å². The molecule has 0 aromatic heterocycles. The Bertz CT molecular complexity index is 617. The lowest BCUT2D eigenvalue weighted by atomic mass is 9.75. The van der Waals surface area contributed by atoms with Gasteiger partial charge in [-0.3, -0.25) is 0 Å². The van der Waals surface area contributed by atoms with E-state index in [0.717, 1.165) is 18.4 Å². The lowest BCUT2D eigenvalue weighted by Crippen LogP contribution is -2.42. The summed E-state index contributed by atoms with van der Waals surface area (Å²) in [6.45, 7) is 1.21. The molecule has 2 aromatic carbocycles. The Hall–Kier alpha value is -1.60. The van der Waals surface area contributed by atoms with E-state index in [1.807, 2.05) is 0 Å². The van der Waals surface area contributed by atoms with Gasteiger partial charge in [0, 0.05) is 6.04 Å². The number of nitrogens with one attached hydrogen (secondary N) is 1. The molecule has 1 heteroatoms. The van der Waals surface area contributed by atoms with Gasteiger partial charge in [0.1, 0.15) is 0 Å². The molecular weight excluding hydrogens is 254 g/mol. The second-order valence-corrected chi connectivity index (χ2v) is 6.54. The van der Waals surface area contributed by atoms with E-state index in [-0.39, 0.29) is 0 Å². The monoisotopic (exact) mass is 277 g/mol. The van der Waals surface area contributed by atoms with E-state index in [9.17, 15) is 0 Å². The summed E-state index contributed by atoms with van der Waals surface area (Å²) in [5, 5.41) is 3.72. The average molecular weight is 277 g/mol. The minimum absolute atomic E-state index is 0.728. The molecule has 1 nitrogen and oxygen atoms in total. The normalized spacial score (nSPS) is 24.2. The summed E-state index contributed by atoms with van der Waals surface area (Å²) >= 11 is 0. The Labute approximate surface area is 127 Å². The third-order valence-electron chi connectivity index (χ3n) is 5.17. The van der Waals surface area contributed by atoms with Crippen LogP contribution >= 0.6 is 0 Å². The molecule has 2 atom stereocenters. The van der Waals surface area contributed by atoms with Gasteiger partial charge < -0.3 is 5.32 Å². The quantitative estimate of drug-likeness (QED) is 0.873. The molecule has 1 N–H and O–H groups in total. The minimum atomic E-state index is 0.728. The summed E-state index contributed by atoms with van der Waals surface area (Å²) < 4.78 is 0. The summed E-state index contributed by atoms with van der Waals surface area (Å²) in [5.41, 5.74) is 6.09. The first kappa shape index (κ1) is 13.1. The molecule has 108 valence electrons. The Morgan fingerprint density at radius 2 is 1.86 bits per heavy atom. The predicted octanol–water partition coefficient (Wildman–Crippen LogP) is 4.06. The fourth-order valence-electron chi connectivity index (χ4n) is 4.12. The Morgan fingerprint density at radius 1 is 0.952 bits per heavy atom. The largest absolute Gasteiger partial charge is 0.313 e. The number of hydrogen-bond donors (Lipinski definition) is 1. The summed E-state index contributed by atoms with van der Waals surface area (Å²) in [7, 11) is 0. The van der Waals surface area contributed by atoms with Gasteiger partial charge in [0.15, 0.2) is 0 Å². The lowest BCUT2D eigenvalue weighted by molar-refractivity contribution is 0.319. The highest BCUT2D eigenvalue weighted by Gasteiger charge is 2.31. The fourth-order valence-corrected chi connectivity index (χ4v) is 4.12. The SMILES string of the molecule is c1ccc(Cc2ccc3c(c2)CC[C@H]2NCCC[C@@H]32)cc1. The van der Waals surface area contributed by atoms with E-state index >= 15 is 0 Å². The Morgan fingerprint density at radius 3 is 2.76 bits per heavy atom. The van der Waals surface area contributed by atoms with Crippen LogP contribution in [0.15, 0.2) is 48.5 Å². The second kappa shape index (κ2) is 5.65. The zero-order valence-electron chi connectivity index (χ0n) is 12.5. The van der Waals surface area contributed by atoms with Crippen molar-refractivity contribution >= 4 is 0 Å². The van der Waals surface area contributed by atoms with E-state index in [1.165, 1.54) is 43.4 Å². The minimum Gasteiger partial charge on any atom is -0.313 e. The zero-order valence-corrected chi connectivity index (χ0v) is 12.5. The second-order valence-electron chi connectivity index (χ2n) is 6.54. The molecule has 0 amide bonds. The highest BCUT2D eigenvalue weighted by atomic mass is 14.9. The van der Waals surface area contributed by atoms with Crippen molar-refractivity contribution in [3.8, 4) is 0 Å². The van der Waals surface area contributed by atoms with Gasteiger partial charge in [-0.2, -0.15) is 0 Å². The molecule has 1 fully saturated rings. The van der Waals surface area contributed by atoms with E-state index in [4.69, 9.17) is 0 Å². The number of rotatable bonds is 2. The first-order valence-corrected chi connectivity index (χ1v) is 8.29. The maximum absolute atomic E-state index is 3.72. The maximum atomic E-state index is 3.72. The van der Waals surface area contributed by atoms with Gasteiger partial charge in [-0.25, -0.2) is 0 Å². The van der Waals surface area contributed by atoms with Crippen LogP contribution in [-0.2, 0) is 12.8 Å². The molecule has 1 saturated heterocycles. The lowest BCUT2D eigenvalue weighted by Gasteiger charge is -2.38. The van der Waals surface area contributed by atoms with Crippen molar-refractivity contribution in [3.63, 3.8) is 0 Å². The summed E-state index contributed by atoms with van der Waals surface area (Å²) in [6, 6.07) is 18.8. The first-order chi connectivity index (χ1) is 10.4. The summed E-state index contributed by atoms with van der Waals surface area (Å²) in [4.78, 5) is 0. The van der Waals surface area contributed by atoms with Gasteiger partial charge in [-0.1, -0.05) is 48.5 Å². The smallest absolute Gasteiger partial charge is 0.0139 e.